The van der Waals surface area contributed by atoms with Gasteiger partial charge < -0.3 is 20.5 Å². The fraction of sp³-hybridized carbons (Fsp3) is 0.333. The highest BCUT2D eigenvalue weighted by Crippen LogP contribution is 2.43. The van der Waals surface area contributed by atoms with Gasteiger partial charge >= 0.3 is 0 Å². The molecule has 0 unspecified atom stereocenters. The molecule has 1 aliphatic carbocycles. The van der Waals surface area contributed by atoms with Crippen molar-refractivity contribution in [2.45, 2.75) is 57.8 Å². The maximum atomic E-state index is 14.1. The van der Waals surface area contributed by atoms with Gasteiger partial charge in [-0.05, 0) is 57.9 Å². The predicted octanol–water partition coefficient (Wildman–Crippen LogP) is 4.12. The molecule has 1 fully saturated rings. The lowest BCUT2D eigenvalue weighted by Crippen LogP contribution is -2.40. The average molecular weight is 521 g/mol. The van der Waals surface area contributed by atoms with Crippen molar-refractivity contribution in [1.29, 1.82) is 0 Å². The summed E-state index contributed by atoms with van der Waals surface area (Å²) in [5, 5.41) is 16.0. The van der Waals surface area contributed by atoms with Crippen LogP contribution in [0.1, 0.15) is 43.5 Å². The molecule has 11 heteroatoms. The second kappa shape index (κ2) is 8.73. The molecular formula is C27H26F2N6O3. The van der Waals surface area contributed by atoms with Gasteiger partial charge in [0, 0.05) is 12.2 Å². The van der Waals surface area contributed by atoms with Crippen molar-refractivity contribution in [3.63, 3.8) is 0 Å². The summed E-state index contributed by atoms with van der Waals surface area (Å²) in [7, 11) is 0. The Morgan fingerprint density at radius 2 is 1.89 bits per heavy atom. The lowest BCUT2D eigenvalue weighted by atomic mass is 9.85. The number of halogens is 2. The number of nitrogens with zero attached hydrogens (tertiary/aromatic N) is 4. The Morgan fingerprint density at radius 1 is 1.16 bits per heavy atom. The largest absolute Gasteiger partial charge is 0.485 e. The molecule has 1 aromatic carbocycles. The Labute approximate surface area is 216 Å². The van der Waals surface area contributed by atoms with Gasteiger partial charge in [0.2, 0.25) is 5.91 Å². The minimum absolute atomic E-state index is 0.0328. The van der Waals surface area contributed by atoms with Crippen molar-refractivity contribution < 1.29 is 23.4 Å². The van der Waals surface area contributed by atoms with Gasteiger partial charge in [-0.15, -0.1) is 0 Å². The van der Waals surface area contributed by atoms with E-state index >= 15 is 0 Å². The molecule has 1 amide bonds. The first kappa shape index (κ1) is 24.2. The van der Waals surface area contributed by atoms with Crippen LogP contribution in [0.4, 0.5) is 20.4 Å². The summed E-state index contributed by atoms with van der Waals surface area (Å²) in [5.41, 5.74) is 1.29. The number of carbonyl (C=O) groups excluding carboxylic acids is 1. The first-order valence-electron chi connectivity index (χ1n) is 12.4. The predicted molar refractivity (Wildman–Crippen MR) is 136 cm³/mol. The molecule has 4 heterocycles. The number of imidazole rings is 1. The number of aliphatic hydroxyl groups is 1. The maximum Gasteiger partial charge on any atom is 0.235 e. The number of hydrogen-bond acceptors (Lipinski definition) is 7. The minimum Gasteiger partial charge on any atom is -0.485 e. The summed E-state index contributed by atoms with van der Waals surface area (Å²) in [6, 6.07) is 7.10. The van der Waals surface area contributed by atoms with Crippen molar-refractivity contribution in [3.8, 4) is 17.3 Å². The third kappa shape index (κ3) is 3.85. The van der Waals surface area contributed by atoms with Gasteiger partial charge in [-0.25, -0.2) is 23.7 Å². The molecule has 1 aliphatic heterocycles. The second-order valence-corrected chi connectivity index (χ2v) is 10.3. The summed E-state index contributed by atoms with van der Waals surface area (Å²) in [6.45, 7) is 5.13. The fourth-order valence-electron chi connectivity index (χ4n) is 4.99. The van der Waals surface area contributed by atoms with E-state index in [0.717, 1.165) is 0 Å². The van der Waals surface area contributed by atoms with Crippen LogP contribution in [0.3, 0.4) is 0 Å². The molecule has 3 N–H and O–H groups in total. The number of aryl methyl sites for hydroxylation is 1. The minimum atomic E-state index is -0.837. The van der Waals surface area contributed by atoms with Gasteiger partial charge in [-0.2, -0.15) is 0 Å². The van der Waals surface area contributed by atoms with E-state index in [1.165, 1.54) is 18.2 Å². The van der Waals surface area contributed by atoms with Crippen LogP contribution in [0, 0.1) is 18.6 Å². The summed E-state index contributed by atoms with van der Waals surface area (Å²) in [4.78, 5) is 26.9. The van der Waals surface area contributed by atoms with E-state index in [2.05, 4.69) is 15.6 Å². The first-order valence-corrected chi connectivity index (χ1v) is 12.4. The zero-order valence-corrected chi connectivity index (χ0v) is 21.0. The second-order valence-electron chi connectivity index (χ2n) is 10.3. The molecule has 6 rings (SSSR count). The van der Waals surface area contributed by atoms with E-state index < -0.39 is 17.0 Å². The topological polar surface area (TPSA) is 114 Å². The van der Waals surface area contributed by atoms with E-state index in [0.29, 0.717) is 58.6 Å². The van der Waals surface area contributed by atoms with Crippen molar-refractivity contribution in [3.05, 3.63) is 65.0 Å². The highest BCUT2D eigenvalue weighted by molar-refractivity contribution is 6.06. The Hall–Kier alpha value is -4.12. The van der Waals surface area contributed by atoms with Gasteiger partial charge in [0.1, 0.15) is 35.6 Å². The number of anilines is 2. The number of pyridine rings is 1. The van der Waals surface area contributed by atoms with E-state index in [4.69, 9.17) is 14.7 Å². The number of hydrogen-bond donors (Lipinski definition) is 3. The molecule has 0 spiro atoms. The van der Waals surface area contributed by atoms with E-state index in [1.807, 2.05) is 13.8 Å². The Bertz CT molecular complexity index is 1580. The summed E-state index contributed by atoms with van der Waals surface area (Å²) in [6.07, 6.45) is 2.60. The number of aromatic nitrogens is 4. The Morgan fingerprint density at radius 3 is 2.61 bits per heavy atom. The molecule has 0 atom stereocenters. The molecule has 0 radical (unpaired) electrons. The molecule has 2 aliphatic rings. The van der Waals surface area contributed by atoms with Crippen molar-refractivity contribution >= 4 is 23.2 Å². The molecule has 3 aromatic heterocycles. The molecule has 0 saturated heterocycles. The lowest BCUT2D eigenvalue weighted by Gasteiger charge is -2.33. The molecule has 1 saturated carbocycles. The van der Waals surface area contributed by atoms with E-state index in [9.17, 15) is 18.7 Å². The third-order valence-electron chi connectivity index (χ3n) is 7.22. The number of fused-ring (bicyclic) bond motifs is 2. The third-order valence-corrected chi connectivity index (χ3v) is 7.22. The number of aliphatic hydroxyl groups excluding tert-OH is 1. The van der Waals surface area contributed by atoms with Gasteiger partial charge in [0.15, 0.2) is 17.2 Å². The van der Waals surface area contributed by atoms with Crippen molar-refractivity contribution in [1.82, 2.24) is 19.4 Å². The Balaban J connectivity index is 1.41. The van der Waals surface area contributed by atoms with E-state index in [-0.39, 0.29) is 30.2 Å². The monoisotopic (exact) mass is 520 g/mol. The van der Waals surface area contributed by atoms with Crippen LogP contribution < -0.4 is 15.4 Å². The standard InChI is InChI=1S/C27H26F2N6O3/c1-13-21(35-9-5-8-19(25(35)30-13)38-12-16-17(28)6-4-7-18(16)29)24-32-22(31-14-10-15(36)11-14)20-23(33-24)34-26(37)27(20,2)3/h4-9,14-15,36H,10-12H2,1-3H3,(H2,31,32,33,34,37). The highest BCUT2D eigenvalue weighted by atomic mass is 19.1. The summed E-state index contributed by atoms with van der Waals surface area (Å²) >= 11 is 0. The SMILES string of the molecule is Cc1nc2c(OCc3c(F)cccc3F)cccn2c1-c1nc2c(c(NC3CC(O)C3)n1)C(C)(C)C(=O)N2. The quantitative estimate of drug-likeness (QED) is 0.351. The average Bonchev–Trinajstić information content (AvgIpc) is 3.30. The summed E-state index contributed by atoms with van der Waals surface area (Å²) in [5.74, 6) is 0.0708. The molecule has 38 heavy (non-hydrogen) atoms. The number of carbonyl (C=O) groups is 1. The molecule has 196 valence electrons. The number of nitrogens with one attached hydrogen (secondary N) is 2. The first-order chi connectivity index (χ1) is 18.1. The van der Waals surface area contributed by atoms with Crippen molar-refractivity contribution in [2.75, 3.05) is 10.6 Å². The smallest absolute Gasteiger partial charge is 0.235 e. The van der Waals surface area contributed by atoms with Gasteiger partial charge in [0.25, 0.3) is 0 Å². The van der Waals surface area contributed by atoms with Crippen LogP contribution in [-0.2, 0) is 16.8 Å². The van der Waals surface area contributed by atoms with E-state index in [1.54, 1.807) is 29.7 Å². The highest BCUT2D eigenvalue weighted by Gasteiger charge is 2.44. The van der Waals surface area contributed by atoms with Crippen molar-refractivity contribution in [2.24, 2.45) is 0 Å². The van der Waals surface area contributed by atoms with Gasteiger partial charge in [0.05, 0.1) is 28.3 Å². The lowest BCUT2D eigenvalue weighted by molar-refractivity contribution is -0.119. The van der Waals surface area contributed by atoms with Gasteiger partial charge in [-0.1, -0.05) is 6.07 Å². The van der Waals surface area contributed by atoms with Crippen LogP contribution in [0.15, 0.2) is 36.5 Å². The summed E-state index contributed by atoms with van der Waals surface area (Å²) < 4.78 is 35.8. The molecule has 0 bridgehead atoms. The zero-order valence-electron chi connectivity index (χ0n) is 21.0. The number of amides is 1. The molecule has 9 nitrogen and oxygen atoms in total. The number of benzene rings is 1. The molecule has 4 aromatic rings. The normalized spacial score (nSPS) is 19.7. The Kier molecular flexibility index (Phi) is 5.56. The van der Waals surface area contributed by atoms with Crippen LogP contribution >= 0.6 is 0 Å². The number of rotatable bonds is 6. The van der Waals surface area contributed by atoms with Crippen LogP contribution in [0.25, 0.3) is 17.2 Å². The van der Waals surface area contributed by atoms with Crippen LogP contribution in [-0.4, -0.2) is 42.5 Å². The molecular weight excluding hydrogens is 494 g/mol. The zero-order chi connectivity index (χ0) is 26.8. The van der Waals surface area contributed by atoms with Crippen LogP contribution in [0.2, 0.25) is 0 Å². The van der Waals surface area contributed by atoms with Crippen LogP contribution in [0.5, 0.6) is 5.75 Å². The number of ether oxygens (including phenoxy) is 1. The van der Waals surface area contributed by atoms with Gasteiger partial charge in [-0.3, -0.25) is 9.20 Å². The fourth-order valence-corrected chi connectivity index (χ4v) is 4.99. The maximum absolute atomic E-state index is 14.1.